The molecule has 2 bridgehead atoms. The van der Waals surface area contributed by atoms with E-state index in [1.807, 2.05) is 6.92 Å². The van der Waals surface area contributed by atoms with Gasteiger partial charge in [-0.2, -0.15) is 0 Å². The highest BCUT2D eigenvalue weighted by Gasteiger charge is 2.57. The van der Waals surface area contributed by atoms with E-state index in [9.17, 15) is 9.90 Å². The van der Waals surface area contributed by atoms with Gasteiger partial charge in [-0.05, 0) is 31.1 Å². The van der Waals surface area contributed by atoms with Gasteiger partial charge in [0, 0.05) is 0 Å². The number of aliphatic hydroxyl groups excluding tert-OH is 1. The monoisotopic (exact) mass is 210 g/mol. The zero-order chi connectivity index (χ0) is 11.1. The zero-order valence-corrected chi connectivity index (χ0v) is 9.27. The van der Waals surface area contributed by atoms with Crippen molar-refractivity contribution >= 4 is 5.97 Å². The first-order chi connectivity index (χ1) is 7.15. The maximum absolute atomic E-state index is 11.9. The van der Waals surface area contributed by atoms with Crippen LogP contribution >= 0.6 is 0 Å². The van der Waals surface area contributed by atoms with Gasteiger partial charge < -0.3 is 9.84 Å². The summed E-state index contributed by atoms with van der Waals surface area (Å²) in [7, 11) is 1.40. The number of allylic oxidation sites excluding steroid dienone is 2. The summed E-state index contributed by atoms with van der Waals surface area (Å²) in [6.07, 6.45) is 6.00. The van der Waals surface area contributed by atoms with Gasteiger partial charge in [-0.1, -0.05) is 19.1 Å². The van der Waals surface area contributed by atoms with Gasteiger partial charge in [0.25, 0.3) is 0 Å². The molecule has 0 heterocycles. The molecular weight excluding hydrogens is 192 g/mol. The Morgan fingerprint density at radius 3 is 2.80 bits per heavy atom. The molecule has 2 aliphatic carbocycles. The fraction of sp³-hybridized carbons (Fsp3) is 0.750. The number of rotatable bonds is 3. The Morgan fingerprint density at radius 1 is 1.67 bits per heavy atom. The second-order valence-corrected chi connectivity index (χ2v) is 4.65. The van der Waals surface area contributed by atoms with Crippen LogP contribution in [0.25, 0.3) is 0 Å². The Hall–Kier alpha value is -0.830. The number of aliphatic hydroxyl groups is 1. The van der Waals surface area contributed by atoms with E-state index < -0.39 is 11.5 Å². The van der Waals surface area contributed by atoms with E-state index in [1.165, 1.54) is 7.11 Å². The van der Waals surface area contributed by atoms with Crippen molar-refractivity contribution in [1.82, 2.24) is 0 Å². The first kappa shape index (κ1) is 10.7. The van der Waals surface area contributed by atoms with Crippen LogP contribution in [0.3, 0.4) is 0 Å². The molecule has 2 aliphatic rings. The molecule has 1 saturated carbocycles. The number of carbonyl (C=O) groups is 1. The summed E-state index contributed by atoms with van der Waals surface area (Å²) in [5, 5.41) is 10.1. The van der Waals surface area contributed by atoms with Gasteiger partial charge in [0.1, 0.15) is 5.41 Å². The second-order valence-electron chi connectivity index (χ2n) is 4.65. The van der Waals surface area contributed by atoms with Crippen molar-refractivity contribution in [2.75, 3.05) is 7.11 Å². The molecule has 0 aliphatic heterocycles. The quantitative estimate of drug-likeness (QED) is 0.567. The topological polar surface area (TPSA) is 46.5 Å². The molecule has 1 fully saturated rings. The number of hydrogen-bond acceptors (Lipinski definition) is 3. The molecule has 0 amide bonds. The van der Waals surface area contributed by atoms with Gasteiger partial charge in [-0.3, -0.25) is 4.79 Å². The van der Waals surface area contributed by atoms with Crippen molar-refractivity contribution < 1.29 is 14.6 Å². The third-order valence-electron chi connectivity index (χ3n) is 3.98. The lowest BCUT2D eigenvalue weighted by molar-refractivity contribution is -0.163. The predicted octanol–water partition coefficient (Wildman–Crippen LogP) is 1.51. The lowest BCUT2D eigenvalue weighted by atomic mass is 9.70. The molecule has 1 N–H and O–H groups in total. The molecule has 0 aromatic heterocycles. The Bertz CT molecular complexity index is 297. The molecule has 84 valence electrons. The van der Waals surface area contributed by atoms with Gasteiger partial charge >= 0.3 is 5.97 Å². The molecule has 1 unspecified atom stereocenters. The molecular formula is C12H18O3. The van der Waals surface area contributed by atoms with Crippen LogP contribution in [-0.2, 0) is 9.53 Å². The highest BCUT2D eigenvalue weighted by Crippen LogP contribution is 2.55. The smallest absolute Gasteiger partial charge is 0.315 e. The summed E-state index contributed by atoms with van der Waals surface area (Å²) >= 11 is 0. The van der Waals surface area contributed by atoms with Gasteiger partial charge in [-0.15, -0.1) is 0 Å². The summed E-state index contributed by atoms with van der Waals surface area (Å²) in [5.41, 5.74) is -0.664. The summed E-state index contributed by atoms with van der Waals surface area (Å²) in [5.74, 6) is 0.383. The van der Waals surface area contributed by atoms with Crippen LogP contribution in [0.1, 0.15) is 26.2 Å². The molecule has 2 rings (SSSR count). The van der Waals surface area contributed by atoms with E-state index in [-0.39, 0.29) is 11.9 Å². The minimum Gasteiger partial charge on any atom is -0.468 e. The molecule has 3 heteroatoms. The molecule has 0 radical (unpaired) electrons. The molecule has 3 nitrogen and oxygen atoms in total. The third kappa shape index (κ3) is 1.33. The fourth-order valence-electron chi connectivity index (χ4n) is 3.20. The van der Waals surface area contributed by atoms with Crippen LogP contribution in [0, 0.1) is 17.3 Å². The minimum absolute atomic E-state index is 0.171. The standard InChI is InChI=1S/C12H18O3/c1-3-10(13)12(11(14)15-2)7-8-4-5-9(12)6-8/h4-5,8-10,13H,3,6-7H2,1-2H3/t8-,9+,10?,12+/m0/s1. The zero-order valence-electron chi connectivity index (χ0n) is 9.27. The summed E-state index contributed by atoms with van der Waals surface area (Å²) in [4.78, 5) is 11.9. The number of methoxy groups -OCH3 is 1. The van der Waals surface area contributed by atoms with Crippen LogP contribution in [0.2, 0.25) is 0 Å². The van der Waals surface area contributed by atoms with Gasteiger partial charge in [0.2, 0.25) is 0 Å². The largest absolute Gasteiger partial charge is 0.468 e. The summed E-state index contributed by atoms with van der Waals surface area (Å²) in [6.45, 7) is 1.91. The van der Waals surface area contributed by atoms with Crippen molar-refractivity contribution in [3.05, 3.63) is 12.2 Å². The van der Waals surface area contributed by atoms with Gasteiger partial charge in [-0.25, -0.2) is 0 Å². The Morgan fingerprint density at radius 2 is 2.40 bits per heavy atom. The summed E-state index contributed by atoms with van der Waals surface area (Å²) < 4.78 is 4.88. The van der Waals surface area contributed by atoms with Crippen LogP contribution in [0.15, 0.2) is 12.2 Å². The normalized spacial score (nSPS) is 39.4. The van der Waals surface area contributed by atoms with Gasteiger partial charge in [0.05, 0.1) is 13.2 Å². The molecule has 0 saturated heterocycles. The SMILES string of the molecule is CCC(O)[C@@]1(C(=O)OC)C[C@H]2C=C[C@@H]1C2. The second kappa shape index (κ2) is 3.63. The van der Waals surface area contributed by atoms with E-state index in [0.717, 1.165) is 12.8 Å². The van der Waals surface area contributed by atoms with E-state index in [4.69, 9.17) is 4.74 Å². The number of ether oxygens (including phenoxy) is 1. The average Bonchev–Trinajstić information content (AvgIpc) is 2.86. The maximum Gasteiger partial charge on any atom is 0.315 e. The van der Waals surface area contributed by atoms with E-state index >= 15 is 0 Å². The third-order valence-corrected chi connectivity index (χ3v) is 3.98. The van der Waals surface area contributed by atoms with Crippen molar-refractivity contribution in [3.63, 3.8) is 0 Å². The van der Waals surface area contributed by atoms with Crippen molar-refractivity contribution in [1.29, 1.82) is 0 Å². The summed E-state index contributed by atoms with van der Waals surface area (Å²) in [6, 6.07) is 0. The molecule has 0 aromatic carbocycles. The number of esters is 1. The lowest BCUT2D eigenvalue weighted by Gasteiger charge is -2.36. The minimum atomic E-state index is -0.664. The molecule has 4 atom stereocenters. The number of hydrogen-bond donors (Lipinski definition) is 1. The number of carbonyl (C=O) groups excluding carboxylic acids is 1. The maximum atomic E-state index is 11.9. The molecule has 15 heavy (non-hydrogen) atoms. The van der Waals surface area contributed by atoms with Gasteiger partial charge in [0.15, 0.2) is 0 Å². The highest BCUT2D eigenvalue weighted by molar-refractivity contribution is 5.79. The Kier molecular flexibility index (Phi) is 2.59. The van der Waals surface area contributed by atoms with Crippen molar-refractivity contribution in [2.45, 2.75) is 32.3 Å². The van der Waals surface area contributed by atoms with Crippen molar-refractivity contribution in [2.24, 2.45) is 17.3 Å². The van der Waals surface area contributed by atoms with Crippen LogP contribution in [0.4, 0.5) is 0 Å². The average molecular weight is 210 g/mol. The van der Waals surface area contributed by atoms with Crippen molar-refractivity contribution in [3.8, 4) is 0 Å². The van der Waals surface area contributed by atoms with Crippen LogP contribution in [0.5, 0.6) is 0 Å². The Balaban J connectivity index is 2.32. The lowest BCUT2D eigenvalue weighted by Crippen LogP contribution is -2.46. The number of fused-ring (bicyclic) bond motifs is 2. The Labute approximate surface area is 90.1 Å². The van der Waals surface area contributed by atoms with Crippen LogP contribution in [-0.4, -0.2) is 24.3 Å². The molecule has 0 spiro atoms. The first-order valence-corrected chi connectivity index (χ1v) is 5.60. The van der Waals surface area contributed by atoms with E-state index in [0.29, 0.717) is 12.3 Å². The molecule has 0 aromatic rings. The fourth-order valence-corrected chi connectivity index (χ4v) is 3.20. The first-order valence-electron chi connectivity index (χ1n) is 5.60. The highest BCUT2D eigenvalue weighted by atomic mass is 16.5. The van der Waals surface area contributed by atoms with Crippen LogP contribution < -0.4 is 0 Å². The predicted molar refractivity (Wildman–Crippen MR) is 56.1 cm³/mol. The van der Waals surface area contributed by atoms with E-state index in [1.54, 1.807) is 0 Å². The van der Waals surface area contributed by atoms with E-state index in [2.05, 4.69) is 12.2 Å².